The van der Waals surface area contributed by atoms with Gasteiger partial charge in [-0.2, -0.15) is 0 Å². The highest BCUT2D eigenvalue weighted by Gasteiger charge is 2.52. The molecule has 1 amide bonds. The Hall–Kier alpha value is -1.99. The molecule has 1 aromatic carbocycles. The fraction of sp³-hybridized carbons (Fsp3) is 0.565. The molecule has 0 radical (unpaired) electrons. The Morgan fingerprint density at radius 1 is 1.13 bits per heavy atom. The van der Waals surface area contributed by atoms with E-state index < -0.39 is 0 Å². The van der Waals surface area contributed by atoms with E-state index in [4.69, 9.17) is 14.0 Å². The molecule has 1 N–H and O–H groups in total. The maximum absolute atomic E-state index is 13.3. The Bertz CT molecular complexity index is 863. The second-order valence-electron chi connectivity index (χ2n) is 9.05. The van der Waals surface area contributed by atoms with Gasteiger partial charge in [0.15, 0.2) is 0 Å². The number of benzene rings is 1. The molecule has 4 aliphatic carbocycles. The maximum Gasteiger partial charge on any atom is 0.291 e. The Labute approximate surface area is 181 Å². The fourth-order valence-corrected chi connectivity index (χ4v) is 6.92. The second-order valence-corrected chi connectivity index (χ2v) is 10.1. The summed E-state index contributed by atoms with van der Waals surface area (Å²) in [6.07, 6.45) is 7.30. The third kappa shape index (κ3) is 3.97. The number of hydrogen-bond donors (Lipinski definition) is 1. The number of rotatable bonds is 8. The number of hydrogen-bond acceptors (Lipinski definition) is 6. The van der Waals surface area contributed by atoms with Gasteiger partial charge in [-0.25, -0.2) is 0 Å². The summed E-state index contributed by atoms with van der Waals surface area (Å²) < 4.78 is 16.3. The van der Waals surface area contributed by atoms with Crippen LogP contribution >= 0.6 is 11.8 Å². The van der Waals surface area contributed by atoms with Crippen molar-refractivity contribution in [1.29, 1.82) is 0 Å². The van der Waals surface area contributed by atoms with E-state index in [2.05, 4.69) is 10.5 Å². The fourth-order valence-electron chi connectivity index (χ4n) is 5.98. The maximum atomic E-state index is 13.3. The van der Waals surface area contributed by atoms with Crippen molar-refractivity contribution in [3.05, 3.63) is 36.1 Å². The van der Waals surface area contributed by atoms with Crippen molar-refractivity contribution in [1.82, 2.24) is 10.5 Å². The van der Waals surface area contributed by atoms with Crippen molar-refractivity contribution in [3.8, 4) is 5.88 Å². The van der Waals surface area contributed by atoms with E-state index in [1.54, 1.807) is 7.11 Å². The highest BCUT2D eigenvalue weighted by molar-refractivity contribution is 7.99. The molecule has 6 nitrogen and oxygen atoms in total. The molecule has 4 fully saturated rings. The number of nitrogens with zero attached hydrogens (tertiary/aromatic N) is 1. The van der Waals surface area contributed by atoms with Crippen LogP contribution < -0.4 is 10.1 Å². The lowest BCUT2D eigenvalue weighted by atomic mass is 9.53. The van der Waals surface area contributed by atoms with Gasteiger partial charge in [0, 0.05) is 17.5 Å². The summed E-state index contributed by atoms with van der Waals surface area (Å²) in [5, 5.41) is 7.45. The largest absolute Gasteiger partial charge is 0.472 e. The Morgan fingerprint density at radius 3 is 2.43 bits per heavy atom. The lowest BCUT2D eigenvalue weighted by Gasteiger charge is -2.56. The molecule has 0 saturated heterocycles. The first-order valence-electron chi connectivity index (χ1n) is 10.8. The minimum atomic E-state index is -0.176. The summed E-state index contributed by atoms with van der Waals surface area (Å²) in [4.78, 5) is 15.0. The van der Waals surface area contributed by atoms with Crippen molar-refractivity contribution in [2.45, 2.75) is 53.9 Å². The highest BCUT2D eigenvalue weighted by atomic mass is 32.2. The molecule has 1 heterocycles. The molecule has 4 bridgehead atoms. The molecule has 30 heavy (non-hydrogen) atoms. The van der Waals surface area contributed by atoms with Crippen LogP contribution in [0.4, 0.5) is 0 Å². The first-order valence-corrected chi connectivity index (χ1v) is 11.6. The van der Waals surface area contributed by atoms with Gasteiger partial charge in [-0.05, 0) is 73.6 Å². The van der Waals surface area contributed by atoms with Gasteiger partial charge in [0.2, 0.25) is 5.76 Å². The lowest BCUT2D eigenvalue weighted by Crippen LogP contribution is -2.59. The second kappa shape index (κ2) is 8.27. The lowest BCUT2D eigenvalue weighted by molar-refractivity contribution is -0.0173. The Morgan fingerprint density at radius 2 is 1.80 bits per heavy atom. The summed E-state index contributed by atoms with van der Waals surface area (Å²) in [5.41, 5.74) is -0.0790. The molecule has 0 atom stereocenters. The average molecular weight is 429 g/mol. The molecule has 7 heteroatoms. The van der Waals surface area contributed by atoms with Crippen LogP contribution in [0.1, 0.15) is 49.1 Å². The van der Waals surface area contributed by atoms with Crippen LogP contribution in [0.3, 0.4) is 0 Å². The number of amides is 1. The summed E-state index contributed by atoms with van der Waals surface area (Å²) in [6, 6.07) is 9.90. The van der Waals surface area contributed by atoms with E-state index in [1.165, 1.54) is 31.0 Å². The van der Waals surface area contributed by atoms with E-state index in [9.17, 15) is 4.79 Å². The molecule has 2 aromatic rings. The first-order chi connectivity index (χ1) is 14.6. The van der Waals surface area contributed by atoms with Crippen LogP contribution in [0.2, 0.25) is 0 Å². The molecule has 0 aliphatic heterocycles. The summed E-state index contributed by atoms with van der Waals surface area (Å²) in [6.45, 7) is 0.790. The Balaban J connectivity index is 1.38. The van der Waals surface area contributed by atoms with E-state index in [1.807, 2.05) is 30.3 Å². The van der Waals surface area contributed by atoms with Crippen molar-refractivity contribution in [2.75, 3.05) is 20.3 Å². The number of aromatic nitrogens is 1. The molecule has 0 spiro atoms. The summed E-state index contributed by atoms with van der Waals surface area (Å²) in [7, 11) is 1.62. The minimum Gasteiger partial charge on any atom is -0.472 e. The van der Waals surface area contributed by atoms with E-state index >= 15 is 0 Å². The molecule has 160 valence electrons. The highest BCUT2D eigenvalue weighted by Crippen LogP contribution is 2.55. The zero-order chi connectivity index (χ0) is 20.6. The van der Waals surface area contributed by atoms with E-state index in [-0.39, 0.29) is 17.2 Å². The van der Waals surface area contributed by atoms with Crippen molar-refractivity contribution in [3.63, 3.8) is 0 Å². The van der Waals surface area contributed by atoms with Crippen LogP contribution in [-0.2, 0) is 4.74 Å². The van der Waals surface area contributed by atoms with Gasteiger partial charge in [0.1, 0.15) is 11.5 Å². The zero-order valence-electron chi connectivity index (χ0n) is 17.3. The van der Waals surface area contributed by atoms with Gasteiger partial charge in [0.05, 0.1) is 6.61 Å². The zero-order valence-corrected chi connectivity index (χ0v) is 18.1. The monoisotopic (exact) mass is 428 g/mol. The molecular weight excluding hydrogens is 400 g/mol. The standard InChI is InChI=1S/C23H28N2O4S/c1-27-7-8-28-22-20(30-18-5-3-2-4-6-18)19(29-25-22)21(26)24-23-12-15-9-16(13-23)11-17(10-15)14-23/h2-6,15-17H,7-14H2,1H3,(H,24,26). The predicted molar refractivity (Wildman–Crippen MR) is 113 cm³/mol. The van der Waals surface area contributed by atoms with Gasteiger partial charge in [-0.3, -0.25) is 4.79 Å². The third-order valence-corrected chi connectivity index (χ3v) is 7.80. The van der Waals surface area contributed by atoms with Crippen molar-refractivity contribution >= 4 is 17.7 Å². The summed E-state index contributed by atoms with van der Waals surface area (Å²) in [5.74, 6) is 2.69. The molecular formula is C23H28N2O4S. The van der Waals surface area contributed by atoms with Gasteiger partial charge in [-0.1, -0.05) is 30.0 Å². The topological polar surface area (TPSA) is 73.6 Å². The number of methoxy groups -OCH3 is 1. The smallest absolute Gasteiger partial charge is 0.291 e. The normalized spacial score (nSPS) is 29.2. The molecule has 0 unspecified atom stereocenters. The quantitative estimate of drug-likeness (QED) is 0.622. The van der Waals surface area contributed by atoms with E-state index in [0.717, 1.165) is 41.9 Å². The van der Waals surface area contributed by atoms with Crippen LogP contribution in [0.5, 0.6) is 5.88 Å². The van der Waals surface area contributed by atoms with Gasteiger partial charge in [0.25, 0.3) is 11.8 Å². The van der Waals surface area contributed by atoms with Gasteiger partial charge >= 0.3 is 0 Å². The number of carbonyl (C=O) groups excluding carboxylic acids is 1. The number of carbonyl (C=O) groups is 1. The van der Waals surface area contributed by atoms with Crippen molar-refractivity contribution in [2.24, 2.45) is 17.8 Å². The third-order valence-electron chi connectivity index (χ3n) is 6.73. The molecule has 1 aromatic heterocycles. The number of nitrogens with one attached hydrogen (secondary N) is 1. The predicted octanol–water partition coefficient (Wildman–Crippen LogP) is 4.55. The molecule has 4 saturated carbocycles. The van der Waals surface area contributed by atoms with Crippen molar-refractivity contribution < 1.29 is 18.8 Å². The number of ether oxygens (including phenoxy) is 2. The first kappa shape index (κ1) is 19.9. The molecule has 6 rings (SSSR count). The Kier molecular flexibility index (Phi) is 5.50. The van der Waals surface area contributed by atoms with Crippen LogP contribution in [-0.4, -0.2) is 36.9 Å². The van der Waals surface area contributed by atoms with E-state index in [0.29, 0.717) is 24.0 Å². The summed E-state index contributed by atoms with van der Waals surface area (Å²) >= 11 is 1.44. The minimum absolute atomic E-state index is 0.0790. The van der Waals surface area contributed by atoms with Gasteiger partial charge in [-0.15, -0.1) is 0 Å². The molecule has 4 aliphatic rings. The van der Waals surface area contributed by atoms with Crippen LogP contribution in [0.15, 0.2) is 44.6 Å². The van der Waals surface area contributed by atoms with Gasteiger partial charge < -0.3 is 19.3 Å². The van der Waals surface area contributed by atoms with Crippen LogP contribution in [0.25, 0.3) is 0 Å². The average Bonchev–Trinajstić information content (AvgIpc) is 3.10. The SMILES string of the molecule is COCCOc1noc(C(=O)NC23CC4CC(CC(C4)C2)C3)c1Sc1ccccc1. The van der Waals surface area contributed by atoms with Crippen LogP contribution in [0, 0.1) is 17.8 Å².